The van der Waals surface area contributed by atoms with Gasteiger partial charge in [-0.2, -0.15) is 5.26 Å². The van der Waals surface area contributed by atoms with Crippen LogP contribution in [0.15, 0.2) is 59.7 Å². The predicted octanol–water partition coefficient (Wildman–Crippen LogP) is 2.30. The van der Waals surface area contributed by atoms with E-state index in [1.807, 2.05) is 30.3 Å². The molecule has 24 heavy (non-hydrogen) atoms. The summed E-state index contributed by atoms with van der Waals surface area (Å²) >= 11 is 0. The van der Waals surface area contributed by atoms with Crippen LogP contribution < -0.4 is 10.9 Å². The summed E-state index contributed by atoms with van der Waals surface area (Å²) in [5.41, 5.74) is 1.85. The summed E-state index contributed by atoms with van der Waals surface area (Å²) in [6.45, 7) is 0.424. The minimum Gasteiger partial charge on any atom is -0.325 e. The Balaban J connectivity index is 1.96. The lowest BCUT2D eigenvalue weighted by atomic mass is 10.2. The molecule has 3 rings (SSSR count). The van der Waals surface area contributed by atoms with Gasteiger partial charge in [-0.05, 0) is 23.8 Å². The summed E-state index contributed by atoms with van der Waals surface area (Å²) in [4.78, 5) is 28.5. The molecule has 0 aliphatic heterocycles. The maximum Gasteiger partial charge on any atom is 0.261 e. The first-order valence-electron chi connectivity index (χ1n) is 7.37. The van der Waals surface area contributed by atoms with Gasteiger partial charge in [-0.15, -0.1) is 0 Å². The fourth-order valence-electron chi connectivity index (χ4n) is 2.41. The molecule has 6 nitrogen and oxygen atoms in total. The van der Waals surface area contributed by atoms with Gasteiger partial charge in [0.15, 0.2) is 0 Å². The molecule has 1 N–H and O–H groups in total. The van der Waals surface area contributed by atoms with Gasteiger partial charge in [0.2, 0.25) is 5.91 Å². The van der Waals surface area contributed by atoms with E-state index in [1.54, 1.807) is 24.3 Å². The lowest BCUT2D eigenvalue weighted by Crippen LogP contribution is -2.21. The molecule has 3 aromatic rings. The highest BCUT2D eigenvalue weighted by molar-refractivity contribution is 5.94. The van der Waals surface area contributed by atoms with Gasteiger partial charge in [-0.25, -0.2) is 4.98 Å². The maximum atomic E-state index is 12.7. The Morgan fingerprint density at radius 3 is 2.75 bits per heavy atom. The number of nitriles is 1. The number of carbonyl (C=O) groups is 1. The van der Waals surface area contributed by atoms with Gasteiger partial charge in [0.1, 0.15) is 6.42 Å². The van der Waals surface area contributed by atoms with Crippen molar-refractivity contribution in [2.75, 3.05) is 5.32 Å². The Bertz CT molecular complexity index is 987. The molecule has 118 valence electrons. The Hall–Kier alpha value is -3.46. The third kappa shape index (κ3) is 3.31. The molecule has 0 aliphatic rings. The van der Waals surface area contributed by atoms with Crippen molar-refractivity contribution in [2.24, 2.45) is 0 Å². The van der Waals surface area contributed by atoms with Gasteiger partial charge in [0.05, 0.1) is 29.8 Å². The zero-order valence-electron chi connectivity index (χ0n) is 12.8. The number of nitrogens with one attached hydrogen (secondary N) is 1. The van der Waals surface area contributed by atoms with E-state index in [9.17, 15) is 9.59 Å². The molecule has 0 radical (unpaired) electrons. The average Bonchev–Trinajstić information content (AvgIpc) is 2.59. The number of hydrogen-bond acceptors (Lipinski definition) is 4. The van der Waals surface area contributed by atoms with Gasteiger partial charge in [-0.1, -0.05) is 30.3 Å². The summed E-state index contributed by atoms with van der Waals surface area (Å²) in [5, 5.41) is 11.5. The third-order valence-corrected chi connectivity index (χ3v) is 3.54. The number of fused-ring (bicyclic) bond motifs is 1. The van der Waals surface area contributed by atoms with Gasteiger partial charge in [-0.3, -0.25) is 14.2 Å². The summed E-state index contributed by atoms with van der Waals surface area (Å²) in [7, 11) is 0. The SMILES string of the molecule is N#CCC(=O)Nc1ccc2ncn(Cc3ccccc3)c(=O)c2c1. The second-order valence-corrected chi connectivity index (χ2v) is 5.28. The Morgan fingerprint density at radius 1 is 1.21 bits per heavy atom. The van der Waals surface area contributed by atoms with E-state index in [-0.39, 0.29) is 12.0 Å². The van der Waals surface area contributed by atoms with Crippen LogP contribution in [0.25, 0.3) is 10.9 Å². The van der Waals surface area contributed by atoms with Crippen LogP contribution in [-0.4, -0.2) is 15.5 Å². The van der Waals surface area contributed by atoms with E-state index >= 15 is 0 Å². The van der Waals surface area contributed by atoms with E-state index in [1.165, 1.54) is 10.9 Å². The van der Waals surface area contributed by atoms with Crippen molar-refractivity contribution in [2.45, 2.75) is 13.0 Å². The zero-order valence-corrected chi connectivity index (χ0v) is 12.8. The number of carbonyl (C=O) groups excluding carboxylic acids is 1. The molecule has 0 saturated carbocycles. The summed E-state index contributed by atoms with van der Waals surface area (Å²) < 4.78 is 1.53. The third-order valence-electron chi connectivity index (χ3n) is 3.54. The number of anilines is 1. The maximum absolute atomic E-state index is 12.7. The highest BCUT2D eigenvalue weighted by atomic mass is 16.1. The van der Waals surface area contributed by atoms with Gasteiger partial charge in [0.25, 0.3) is 5.56 Å². The molecule has 0 fully saturated rings. The normalized spacial score (nSPS) is 10.3. The second-order valence-electron chi connectivity index (χ2n) is 5.28. The largest absolute Gasteiger partial charge is 0.325 e. The van der Waals surface area contributed by atoms with Gasteiger partial charge < -0.3 is 5.32 Å². The van der Waals surface area contributed by atoms with Crippen molar-refractivity contribution in [1.29, 1.82) is 5.26 Å². The van der Waals surface area contributed by atoms with E-state index < -0.39 is 5.91 Å². The lowest BCUT2D eigenvalue weighted by Gasteiger charge is -2.08. The standard InChI is InChI=1S/C18H14N4O2/c19-9-8-17(23)21-14-6-7-16-15(10-14)18(24)22(12-20-16)11-13-4-2-1-3-5-13/h1-7,10,12H,8,11H2,(H,21,23). The van der Waals surface area contributed by atoms with Crippen LogP contribution >= 0.6 is 0 Å². The van der Waals surface area contributed by atoms with Gasteiger partial charge >= 0.3 is 0 Å². The van der Waals surface area contributed by atoms with Crippen LogP contribution in [0.1, 0.15) is 12.0 Å². The minimum atomic E-state index is -0.412. The van der Waals surface area contributed by atoms with E-state index in [2.05, 4.69) is 10.3 Å². The number of hydrogen-bond donors (Lipinski definition) is 1. The minimum absolute atomic E-state index is 0.180. The Labute approximate surface area is 138 Å². The topological polar surface area (TPSA) is 87.8 Å². The highest BCUT2D eigenvalue weighted by Gasteiger charge is 2.07. The number of amides is 1. The fraction of sp³-hybridized carbons (Fsp3) is 0.111. The molecular formula is C18H14N4O2. The fourth-order valence-corrected chi connectivity index (χ4v) is 2.41. The first kappa shape index (κ1) is 15.4. The number of nitrogens with zero attached hydrogens (tertiary/aromatic N) is 3. The van der Waals surface area contributed by atoms with Crippen molar-refractivity contribution in [3.63, 3.8) is 0 Å². The summed E-state index contributed by atoms with van der Waals surface area (Å²) in [5.74, 6) is -0.412. The van der Waals surface area contributed by atoms with Crippen molar-refractivity contribution in [3.05, 3.63) is 70.8 Å². The number of rotatable bonds is 4. The Kier molecular flexibility index (Phi) is 4.34. The number of benzene rings is 2. The molecule has 1 aromatic heterocycles. The van der Waals surface area contributed by atoms with Crippen LogP contribution in [0.3, 0.4) is 0 Å². The average molecular weight is 318 g/mol. The van der Waals surface area contributed by atoms with E-state index in [0.717, 1.165) is 5.56 Å². The Morgan fingerprint density at radius 2 is 2.00 bits per heavy atom. The molecule has 2 aromatic carbocycles. The molecule has 1 heterocycles. The zero-order chi connectivity index (χ0) is 16.9. The smallest absolute Gasteiger partial charge is 0.261 e. The van der Waals surface area contributed by atoms with Gasteiger partial charge in [0, 0.05) is 5.69 Å². The first-order valence-corrected chi connectivity index (χ1v) is 7.37. The molecule has 0 aliphatic carbocycles. The molecular weight excluding hydrogens is 304 g/mol. The lowest BCUT2D eigenvalue weighted by molar-refractivity contribution is -0.115. The van der Waals surface area contributed by atoms with Crippen molar-refractivity contribution < 1.29 is 4.79 Å². The molecule has 0 saturated heterocycles. The van der Waals surface area contributed by atoms with Crippen LogP contribution in [0.5, 0.6) is 0 Å². The molecule has 0 spiro atoms. The summed E-state index contributed by atoms with van der Waals surface area (Å²) in [6, 6.07) is 16.3. The monoisotopic (exact) mass is 318 g/mol. The second kappa shape index (κ2) is 6.75. The van der Waals surface area contributed by atoms with E-state index in [0.29, 0.717) is 23.1 Å². The van der Waals surface area contributed by atoms with Crippen molar-refractivity contribution >= 4 is 22.5 Å². The highest BCUT2D eigenvalue weighted by Crippen LogP contribution is 2.15. The molecule has 6 heteroatoms. The van der Waals surface area contributed by atoms with Crippen molar-refractivity contribution in [3.8, 4) is 6.07 Å². The van der Waals surface area contributed by atoms with E-state index in [4.69, 9.17) is 5.26 Å². The van der Waals surface area contributed by atoms with Crippen LogP contribution in [0.4, 0.5) is 5.69 Å². The van der Waals surface area contributed by atoms with Crippen LogP contribution in [0.2, 0.25) is 0 Å². The van der Waals surface area contributed by atoms with Crippen LogP contribution in [0, 0.1) is 11.3 Å². The molecule has 0 atom stereocenters. The molecule has 0 bridgehead atoms. The first-order chi connectivity index (χ1) is 11.7. The predicted molar refractivity (Wildman–Crippen MR) is 90.4 cm³/mol. The quantitative estimate of drug-likeness (QED) is 0.799. The summed E-state index contributed by atoms with van der Waals surface area (Å²) in [6.07, 6.45) is 1.29. The number of aromatic nitrogens is 2. The van der Waals surface area contributed by atoms with Crippen LogP contribution in [-0.2, 0) is 11.3 Å². The molecule has 1 amide bonds. The van der Waals surface area contributed by atoms with Crippen molar-refractivity contribution in [1.82, 2.24) is 9.55 Å². The molecule has 0 unspecified atom stereocenters.